The molecule has 1 rings (SSSR count). The summed E-state index contributed by atoms with van der Waals surface area (Å²) in [7, 11) is 2.00. The van der Waals surface area contributed by atoms with Crippen LogP contribution in [0.3, 0.4) is 0 Å². The third kappa shape index (κ3) is 3.81. The van der Waals surface area contributed by atoms with E-state index in [1.165, 1.54) is 0 Å². The van der Waals surface area contributed by atoms with E-state index >= 15 is 0 Å². The molecule has 1 unspecified atom stereocenters. The maximum absolute atomic E-state index is 5.69. The summed E-state index contributed by atoms with van der Waals surface area (Å²) in [6.07, 6.45) is 4.80. The summed E-state index contributed by atoms with van der Waals surface area (Å²) in [6, 6.07) is 2.19. The predicted octanol–water partition coefficient (Wildman–Crippen LogP) is 1.69. The molecule has 6 heteroatoms. The van der Waals surface area contributed by atoms with E-state index in [-0.39, 0.29) is 0 Å². The van der Waals surface area contributed by atoms with Crippen LogP contribution in [0.15, 0.2) is 12.3 Å². The van der Waals surface area contributed by atoms with Crippen LogP contribution in [-0.4, -0.2) is 40.3 Å². The number of nitrogens with zero attached hydrogens (tertiary/aromatic N) is 3. The monoisotopic (exact) mass is 270 g/mol. The van der Waals surface area contributed by atoms with Gasteiger partial charge in [-0.2, -0.15) is 16.9 Å². The van der Waals surface area contributed by atoms with Gasteiger partial charge < -0.3 is 10.6 Å². The number of rotatable bonds is 6. The van der Waals surface area contributed by atoms with Gasteiger partial charge in [0, 0.05) is 13.1 Å². The lowest BCUT2D eigenvalue weighted by atomic mass is 10.2. The molecule has 94 valence electrons. The zero-order valence-electron chi connectivity index (χ0n) is 10.4. The highest BCUT2D eigenvalue weighted by atomic mass is 32.2. The Hall–Kier alpha value is -0.880. The van der Waals surface area contributed by atoms with Gasteiger partial charge in [0.1, 0.15) is 4.99 Å². The highest BCUT2D eigenvalue weighted by molar-refractivity contribution is 7.98. The molecule has 0 aliphatic heterocycles. The number of thioether (sulfide) groups is 1. The Balaban J connectivity index is 2.87. The summed E-state index contributed by atoms with van der Waals surface area (Å²) in [6.45, 7) is 2.16. The van der Waals surface area contributed by atoms with Crippen molar-refractivity contribution in [2.45, 2.75) is 19.4 Å². The number of thiocarbonyl (C=S) groups is 1. The summed E-state index contributed by atoms with van der Waals surface area (Å²) >= 11 is 6.86. The van der Waals surface area contributed by atoms with E-state index in [1.807, 2.05) is 24.9 Å². The maximum atomic E-state index is 5.69. The fourth-order valence-electron chi connectivity index (χ4n) is 1.47. The van der Waals surface area contributed by atoms with Crippen molar-refractivity contribution in [3.05, 3.63) is 17.8 Å². The van der Waals surface area contributed by atoms with Crippen molar-refractivity contribution in [2.24, 2.45) is 5.73 Å². The lowest BCUT2D eigenvalue weighted by molar-refractivity contribution is 0.657. The van der Waals surface area contributed by atoms with E-state index in [4.69, 9.17) is 18.0 Å². The molecule has 0 radical (unpaired) electrons. The van der Waals surface area contributed by atoms with E-state index in [9.17, 15) is 0 Å². The smallest absolute Gasteiger partial charge is 0.161 e. The quantitative estimate of drug-likeness (QED) is 0.794. The molecule has 0 aliphatic rings. The first-order chi connectivity index (χ1) is 8.07. The Bertz CT molecular complexity index is 383. The second-order valence-corrected chi connectivity index (χ2v) is 5.30. The van der Waals surface area contributed by atoms with Crippen molar-refractivity contribution in [3.63, 3.8) is 0 Å². The van der Waals surface area contributed by atoms with Crippen LogP contribution >= 0.6 is 24.0 Å². The van der Waals surface area contributed by atoms with E-state index in [1.54, 1.807) is 6.20 Å². The lowest BCUT2D eigenvalue weighted by Crippen LogP contribution is -2.32. The zero-order valence-corrected chi connectivity index (χ0v) is 12.0. The fourth-order valence-corrected chi connectivity index (χ4v) is 2.20. The standard InChI is InChI=1S/C11H18N4S2/c1-8(5-7-17-3)15(2)11-9(10(12)16)4-6-13-14-11/h4,6,8H,5,7H2,1-3H3,(H2,12,16). The minimum absolute atomic E-state index is 0.360. The molecule has 0 aliphatic carbocycles. The minimum Gasteiger partial charge on any atom is -0.389 e. The average molecular weight is 270 g/mol. The lowest BCUT2D eigenvalue weighted by Gasteiger charge is -2.26. The van der Waals surface area contributed by atoms with Crippen LogP contribution in [0.4, 0.5) is 5.82 Å². The molecule has 1 aromatic heterocycles. The average Bonchev–Trinajstić information content (AvgIpc) is 2.34. The second-order valence-electron chi connectivity index (χ2n) is 3.87. The SMILES string of the molecule is CSCCC(C)N(C)c1nnccc1C(N)=S. The van der Waals surface area contributed by atoms with Gasteiger partial charge in [-0.15, -0.1) is 5.10 Å². The van der Waals surface area contributed by atoms with Gasteiger partial charge >= 0.3 is 0 Å². The van der Waals surface area contributed by atoms with E-state index in [0.717, 1.165) is 23.6 Å². The van der Waals surface area contributed by atoms with Crippen molar-refractivity contribution < 1.29 is 0 Å². The molecule has 2 N–H and O–H groups in total. The van der Waals surface area contributed by atoms with Crippen LogP contribution < -0.4 is 10.6 Å². The first-order valence-corrected chi connectivity index (χ1v) is 7.21. The van der Waals surface area contributed by atoms with Crippen molar-refractivity contribution >= 4 is 34.8 Å². The number of nitrogens with two attached hydrogens (primary N) is 1. The Morgan fingerprint density at radius 1 is 1.65 bits per heavy atom. The van der Waals surface area contributed by atoms with Gasteiger partial charge in [-0.25, -0.2) is 0 Å². The molecule has 0 bridgehead atoms. The van der Waals surface area contributed by atoms with E-state index < -0.39 is 0 Å². The van der Waals surface area contributed by atoms with Gasteiger partial charge in [0.05, 0.1) is 11.8 Å². The molecule has 0 amide bonds. The third-order valence-corrected chi connectivity index (χ3v) is 3.57. The van der Waals surface area contributed by atoms with Gasteiger partial charge in [-0.3, -0.25) is 0 Å². The molecule has 1 atom stereocenters. The van der Waals surface area contributed by atoms with Crippen molar-refractivity contribution in [2.75, 3.05) is 24.0 Å². The Morgan fingerprint density at radius 2 is 2.35 bits per heavy atom. The van der Waals surface area contributed by atoms with Crippen molar-refractivity contribution in [1.29, 1.82) is 0 Å². The molecule has 0 saturated carbocycles. The van der Waals surface area contributed by atoms with Gasteiger partial charge in [0.25, 0.3) is 0 Å². The largest absolute Gasteiger partial charge is 0.389 e. The summed E-state index contributed by atoms with van der Waals surface area (Å²) in [5.41, 5.74) is 6.47. The molecule has 0 fully saturated rings. The first-order valence-electron chi connectivity index (χ1n) is 5.41. The minimum atomic E-state index is 0.360. The molecular weight excluding hydrogens is 252 g/mol. The van der Waals surface area contributed by atoms with Crippen LogP contribution in [-0.2, 0) is 0 Å². The molecule has 1 heterocycles. The van der Waals surface area contributed by atoms with E-state index in [0.29, 0.717) is 11.0 Å². The summed E-state index contributed by atoms with van der Waals surface area (Å²) < 4.78 is 0. The van der Waals surface area contributed by atoms with Gasteiger partial charge in [-0.1, -0.05) is 12.2 Å². The summed E-state index contributed by atoms with van der Waals surface area (Å²) in [5.74, 6) is 1.88. The highest BCUT2D eigenvalue weighted by Gasteiger charge is 2.16. The topological polar surface area (TPSA) is 55.0 Å². The number of hydrogen-bond donors (Lipinski definition) is 1. The van der Waals surface area contributed by atoms with Crippen LogP contribution in [0.5, 0.6) is 0 Å². The summed E-state index contributed by atoms with van der Waals surface area (Å²) in [5, 5.41) is 8.03. The normalized spacial score (nSPS) is 12.2. The van der Waals surface area contributed by atoms with Crippen molar-refractivity contribution in [1.82, 2.24) is 10.2 Å². The Kier molecular flexibility index (Phi) is 5.64. The van der Waals surface area contributed by atoms with Gasteiger partial charge in [0.2, 0.25) is 0 Å². The highest BCUT2D eigenvalue weighted by Crippen LogP contribution is 2.18. The van der Waals surface area contributed by atoms with Crippen molar-refractivity contribution in [3.8, 4) is 0 Å². The molecule has 0 saturated heterocycles. The first kappa shape index (κ1) is 14.2. The van der Waals surface area contributed by atoms with E-state index in [2.05, 4.69) is 28.3 Å². The third-order valence-electron chi connectivity index (χ3n) is 2.70. The maximum Gasteiger partial charge on any atom is 0.161 e. The number of aromatic nitrogens is 2. The van der Waals surface area contributed by atoms with Crippen LogP contribution in [0, 0.1) is 0 Å². The van der Waals surface area contributed by atoms with Gasteiger partial charge in [0.15, 0.2) is 5.82 Å². The fraction of sp³-hybridized carbons (Fsp3) is 0.545. The Labute approximate surface area is 112 Å². The van der Waals surface area contributed by atoms with Crippen LogP contribution in [0.2, 0.25) is 0 Å². The molecular formula is C11H18N4S2. The zero-order chi connectivity index (χ0) is 12.8. The molecule has 17 heavy (non-hydrogen) atoms. The molecule has 1 aromatic rings. The molecule has 4 nitrogen and oxygen atoms in total. The molecule has 0 spiro atoms. The van der Waals surface area contributed by atoms with Crippen LogP contribution in [0.1, 0.15) is 18.9 Å². The molecule has 0 aromatic carbocycles. The summed E-state index contributed by atoms with van der Waals surface area (Å²) in [4.78, 5) is 2.44. The number of anilines is 1. The Morgan fingerprint density at radius 3 is 2.94 bits per heavy atom. The van der Waals surface area contributed by atoms with Crippen LogP contribution in [0.25, 0.3) is 0 Å². The second kappa shape index (κ2) is 6.76. The number of hydrogen-bond acceptors (Lipinski definition) is 5. The van der Waals surface area contributed by atoms with Gasteiger partial charge in [-0.05, 0) is 31.4 Å². The predicted molar refractivity (Wildman–Crippen MR) is 78.8 cm³/mol.